The van der Waals surface area contributed by atoms with Gasteiger partial charge in [0.2, 0.25) is 0 Å². The van der Waals surface area contributed by atoms with Crippen molar-refractivity contribution in [2.24, 2.45) is 0 Å². The second kappa shape index (κ2) is 3.95. The minimum Gasteiger partial charge on any atom is -0.409 e. The molecule has 0 saturated carbocycles. The summed E-state index contributed by atoms with van der Waals surface area (Å²) in [6.07, 6.45) is 0.0194. The smallest absolute Gasteiger partial charge is 0.0994 e. The fourth-order valence-corrected chi connectivity index (χ4v) is 1.52. The summed E-state index contributed by atoms with van der Waals surface area (Å²) >= 11 is 11.7. The van der Waals surface area contributed by atoms with Gasteiger partial charge in [0, 0.05) is 10.0 Å². The third kappa shape index (κ3) is 3.26. The number of benzene rings is 1. The molecule has 5 heteroatoms. The van der Waals surface area contributed by atoms with Crippen molar-refractivity contribution < 1.29 is 5.11 Å². The molecule has 0 atom stereocenters. The molecule has 0 aliphatic heterocycles. The van der Waals surface area contributed by atoms with E-state index >= 15 is 0 Å². The average Bonchev–Trinajstić information content (AvgIpc) is 1.95. The summed E-state index contributed by atoms with van der Waals surface area (Å²) in [7, 11) is 10.4. The number of halogens is 2. The molecule has 0 amide bonds. The monoisotopic (exact) mass is 210 g/mol. The molecule has 0 bridgehead atoms. The molecule has 0 aliphatic rings. The highest BCUT2D eigenvalue weighted by Gasteiger charge is 2.16. The highest BCUT2D eigenvalue weighted by atomic mass is 35.5. The van der Waals surface area contributed by atoms with Crippen LogP contribution in [0.25, 0.3) is 0 Å². The van der Waals surface area contributed by atoms with Gasteiger partial charge in [-0.25, -0.2) is 0 Å². The lowest BCUT2D eigenvalue weighted by Gasteiger charge is -2.19. The molecular formula is C8H6B2Cl2O. The van der Waals surface area contributed by atoms with Gasteiger partial charge in [0.25, 0.3) is 0 Å². The van der Waals surface area contributed by atoms with Crippen LogP contribution in [0.3, 0.4) is 0 Å². The maximum absolute atomic E-state index is 9.16. The fraction of sp³-hybridized carbons (Fsp3) is 0.250. The SMILES string of the molecule is [B]C([B])(O)Cc1c(Cl)cccc1Cl. The molecule has 0 heterocycles. The fourth-order valence-electron chi connectivity index (χ4n) is 0.984. The number of hydrogen-bond donors (Lipinski definition) is 1. The summed E-state index contributed by atoms with van der Waals surface area (Å²) in [5.41, 5.74) is 0.554. The molecule has 0 aliphatic carbocycles. The Morgan fingerprint density at radius 2 is 1.69 bits per heavy atom. The van der Waals surface area contributed by atoms with Crippen LogP contribution in [-0.2, 0) is 6.42 Å². The van der Waals surface area contributed by atoms with E-state index in [4.69, 9.17) is 44.0 Å². The molecule has 1 rings (SSSR count). The van der Waals surface area contributed by atoms with Crippen LogP contribution in [0.4, 0.5) is 0 Å². The first-order chi connectivity index (χ1) is 5.90. The van der Waals surface area contributed by atoms with Gasteiger partial charge >= 0.3 is 0 Å². The van der Waals surface area contributed by atoms with Crippen LogP contribution in [0.1, 0.15) is 5.56 Å². The molecule has 4 radical (unpaired) electrons. The lowest BCUT2D eigenvalue weighted by atomic mass is 9.62. The van der Waals surface area contributed by atoms with Gasteiger partial charge in [-0.05, 0) is 29.5 Å². The van der Waals surface area contributed by atoms with E-state index in [2.05, 4.69) is 0 Å². The molecule has 1 N–H and O–H groups in total. The van der Waals surface area contributed by atoms with Crippen LogP contribution in [0.2, 0.25) is 10.0 Å². The van der Waals surface area contributed by atoms with E-state index in [0.717, 1.165) is 0 Å². The van der Waals surface area contributed by atoms with E-state index in [1.54, 1.807) is 18.2 Å². The molecule has 0 aromatic heterocycles. The van der Waals surface area contributed by atoms with E-state index in [9.17, 15) is 0 Å². The van der Waals surface area contributed by atoms with Crippen molar-refractivity contribution in [2.75, 3.05) is 0 Å². The summed E-state index contributed by atoms with van der Waals surface area (Å²) in [6.45, 7) is 0. The molecule has 0 spiro atoms. The third-order valence-corrected chi connectivity index (χ3v) is 2.23. The van der Waals surface area contributed by atoms with Gasteiger partial charge in [0.15, 0.2) is 0 Å². The van der Waals surface area contributed by atoms with Gasteiger partial charge in [-0.3, -0.25) is 0 Å². The van der Waals surface area contributed by atoms with Crippen LogP contribution < -0.4 is 0 Å². The molecule has 0 unspecified atom stereocenters. The van der Waals surface area contributed by atoms with Crippen molar-refractivity contribution in [3.05, 3.63) is 33.8 Å². The van der Waals surface area contributed by atoms with Crippen molar-refractivity contribution in [1.82, 2.24) is 0 Å². The first kappa shape index (κ1) is 11.0. The van der Waals surface area contributed by atoms with Gasteiger partial charge in [-0.1, -0.05) is 29.3 Å². The Bertz CT molecular complexity index is 289. The second-order valence-electron chi connectivity index (χ2n) is 2.87. The number of rotatable bonds is 2. The normalized spacial score (nSPS) is 11.6. The minimum absolute atomic E-state index is 0.0194. The Morgan fingerprint density at radius 3 is 2.08 bits per heavy atom. The molecule has 0 fully saturated rings. The molecule has 1 aromatic rings. The van der Waals surface area contributed by atoms with E-state index in [0.29, 0.717) is 15.6 Å². The van der Waals surface area contributed by atoms with E-state index in [1.807, 2.05) is 0 Å². The molecule has 1 nitrogen and oxygen atoms in total. The number of aliphatic hydroxyl groups is 1. The molecule has 64 valence electrons. The zero-order valence-electron chi connectivity index (χ0n) is 6.80. The van der Waals surface area contributed by atoms with Gasteiger partial charge in [-0.15, -0.1) is 0 Å². The van der Waals surface area contributed by atoms with Crippen molar-refractivity contribution >= 4 is 38.9 Å². The zero-order valence-corrected chi connectivity index (χ0v) is 8.31. The minimum atomic E-state index is -1.78. The first-order valence-electron chi connectivity index (χ1n) is 3.63. The van der Waals surface area contributed by atoms with Crippen LogP contribution in [0, 0.1) is 0 Å². The molecular weight excluding hydrogens is 205 g/mol. The van der Waals surface area contributed by atoms with Crippen molar-refractivity contribution in [2.45, 2.75) is 11.8 Å². The predicted molar refractivity (Wildman–Crippen MR) is 56.6 cm³/mol. The maximum atomic E-state index is 9.16. The van der Waals surface area contributed by atoms with Crippen LogP contribution >= 0.6 is 23.2 Å². The van der Waals surface area contributed by atoms with Gasteiger partial charge in [0.1, 0.15) is 0 Å². The Morgan fingerprint density at radius 1 is 1.23 bits per heavy atom. The lowest BCUT2D eigenvalue weighted by molar-refractivity contribution is 0.214. The van der Waals surface area contributed by atoms with Gasteiger partial charge in [-0.2, -0.15) is 0 Å². The highest BCUT2D eigenvalue weighted by molar-refractivity contribution is 6.40. The van der Waals surface area contributed by atoms with E-state index in [-0.39, 0.29) is 6.42 Å². The summed E-state index contributed by atoms with van der Waals surface area (Å²) in [4.78, 5) is 0. The van der Waals surface area contributed by atoms with Crippen molar-refractivity contribution in [1.29, 1.82) is 0 Å². The molecule has 1 aromatic carbocycles. The van der Waals surface area contributed by atoms with Crippen molar-refractivity contribution in [3.8, 4) is 0 Å². The third-order valence-electron chi connectivity index (χ3n) is 1.52. The standard InChI is InChI=1S/C8H6B2Cl2O/c9-8(10,13)4-5-6(11)2-1-3-7(5)12/h1-3,13H,4H2. The summed E-state index contributed by atoms with van der Waals surface area (Å²) in [5.74, 6) is 0. The highest BCUT2D eigenvalue weighted by Crippen LogP contribution is 2.26. The Hall–Kier alpha value is -0.110. The van der Waals surface area contributed by atoms with Crippen LogP contribution in [-0.4, -0.2) is 26.2 Å². The van der Waals surface area contributed by atoms with Crippen LogP contribution in [0.15, 0.2) is 18.2 Å². The van der Waals surface area contributed by atoms with Crippen LogP contribution in [0.5, 0.6) is 0 Å². The molecule has 0 saturated heterocycles. The van der Waals surface area contributed by atoms with Gasteiger partial charge < -0.3 is 5.11 Å². The maximum Gasteiger partial charge on any atom is 0.0994 e. The van der Waals surface area contributed by atoms with Gasteiger partial charge in [0.05, 0.1) is 15.7 Å². The van der Waals surface area contributed by atoms with E-state index in [1.165, 1.54) is 0 Å². The quantitative estimate of drug-likeness (QED) is 0.734. The Balaban J connectivity index is 3.00. The van der Waals surface area contributed by atoms with E-state index < -0.39 is 5.40 Å². The molecule has 13 heavy (non-hydrogen) atoms. The lowest BCUT2D eigenvalue weighted by Crippen LogP contribution is -2.32. The number of hydrogen-bond acceptors (Lipinski definition) is 1. The Kier molecular flexibility index (Phi) is 3.33. The Labute approximate surface area is 89.9 Å². The largest absolute Gasteiger partial charge is 0.409 e. The first-order valence-corrected chi connectivity index (χ1v) is 4.39. The summed E-state index contributed by atoms with van der Waals surface area (Å²) in [5, 5.41) is 8.27. The summed E-state index contributed by atoms with van der Waals surface area (Å²) < 4.78 is 0. The summed E-state index contributed by atoms with van der Waals surface area (Å²) in [6, 6.07) is 5.03. The average molecular weight is 211 g/mol. The predicted octanol–water partition coefficient (Wildman–Crippen LogP) is 1.52. The van der Waals surface area contributed by atoms with Crippen molar-refractivity contribution in [3.63, 3.8) is 0 Å². The second-order valence-corrected chi connectivity index (χ2v) is 3.68. The topological polar surface area (TPSA) is 20.2 Å². The zero-order chi connectivity index (χ0) is 10.1.